The van der Waals surface area contributed by atoms with Crippen LogP contribution < -0.4 is 15.8 Å². The van der Waals surface area contributed by atoms with Crippen LogP contribution in [0, 0.1) is 11.7 Å². The first-order chi connectivity index (χ1) is 10.5. The fourth-order valence-corrected chi connectivity index (χ4v) is 1.63. The lowest BCUT2D eigenvalue weighted by molar-refractivity contribution is -0.119. The predicted octanol–water partition coefficient (Wildman–Crippen LogP) is 2.93. The van der Waals surface area contributed by atoms with Crippen LogP contribution in [0.25, 0.3) is 0 Å². The van der Waals surface area contributed by atoms with Gasteiger partial charge in [-0.15, -0.1) is 0 Å². The van der Waals surface area contributed by atoms with Crippen molar-refractivity contribution in [2.45, 2.75) is 19.9 Å². The Morgan fingerprint density at radius 2 is 1.91 bits per heavy atom. The minimum Gasteiger partial charge on any atom is -0.439 e. The van der Waals surface area contributed by atoms with E-state index >= 15 is 0 Å². The first kappa shape index (κ1) is 15.9. The van der Waals surface area contributed by atoms with E-state index in [-0.39, 0.29) is 23.7 Å². The number of hydrogen-bond donors (Lipinski definition) is 2. The quantitative estimate of drug-likeness (QED) is 0.890. The number of carbonyl (C=O) groups excluding carboxylic acids is 1. The Labute approximate surface area is 128 Å². The van der Waals surface area contributed by atoms with Gasteiger partial charge in [0.1, 0.15) is 11.6 Å². The monoisotopic (exact) mass is 303 g/mol. The molecule has 1 aromatic heterocycles. The summed E-state index contributed by atoms with van der Waals surface area (Å²) in [5.41, 5.74) is 6.25. The number of aromatic nitrogens is 1. The highest BCUT2D eigenvalue weighted by Crippen LogP contribution is 2.20. The zero-order chi connectivity index (χ0) is 16.1. The molecule has 0 fully saturated rings. The van der Waals surface area contributed by atoms with Crippen LogP contribution in [-0.2, 0) is 4.79 Å². The normalized spacial score (nSPS) is 13.3. The molecule has 2 atom stereocenters. The van der Waals surface area contributed by atoms with E-state index in [1.807, 2.05) is 0 Å². The molecule has 116 valence electrons. The molecule has 5 nitrogen and oxygen atoms in total. The topological polar surface area (TPSA) is 77.2 Å². The van der Waals surface area contributed by atoms with Crippen molar-refractivity contribution in [1.82, 2.24) is 4.98 Å². The molecule has 0 saturated heterocycles. The minimum atomic E-state index is -0.332. The van der Waals surface area contributed by atoms with Gasteiger partial charge in [-0.05, 0) is 37.3 Å². The number of benzene rings is 1. The summed E-state index contributed by atoms with van der Waals surface area (Å²) in [6.07, 6.45) is 1.49. The molecule has 1 aromatic carbocycles. The van der Waals surface area contributed by atoms with Gasteiger partial charge in [0.15, 0.2) is 0 Å². The Morgan fingerprint density at radius 1 is 1.23 bits per heavy atom. The fourth-order valence-electron chi connectivity index (χ4n) is 1.63. The van der Waals surface area contributed by atoms with E-state index in [4.69, 9.17) is 10.5 Å². The molecule has 0 radical (unpaired) electrons. The number of amides is 1. The highest BCUT2D eigenvalue weighted by molar-refractivity contribution is 5.92. The highest BCUT2D eigenvalue weighted by Gasteiger charge is 2.17. The molecule has 2 unspecified atom stereocenters. The standard InChI is InChI=1S/C16H18FN3O2/c1-10(11(2)18)16(21)20-13-5-8-15(19-9-13)22-14-6-3-12(17)4-7-14/h3-11H,18H2,1-2H3,(H,20,21). The molecule has 3 N–H and O–H groups in total. The molecular weight excluding hydrogens is 285 g/mol. The van der Waals surface area contributed by atoms with Gasteiger partial charge in [0.25, 0.3) is 0 Å². The average Bonchev–Trinajstić information content (AvgIpc) is 2.50. The Bertz CT molecular complexity index is 627. The van der Waals surface area contributed by atoms with E-state index in [2.05, 4.69) is 10.3 Å². The lowest BCUT2D eigenvalue weighted by Crippen LogP contribution is -2.34. The molecule has 2 aromatic rings. The van der Waals surface area contributed by atoms with Crippen molar-refractivity contribution in [2.24, 2.45) is 11.7 Å². The highest BCUT2D eigenvalue weighted by atomic mass is 19.1. The molecule has 0 bridgehead atoms. The number of ether oxygens (including phenoxy) is 1. The summed E-state index contributed by atoms with van der Waals surface area (Å²) < 4.78 is 18.3. The van der Waals surface area contributed by atoms with Crippen molar-refractivity contribution in [3.63, 3.8) is 0 Å². The van der Waals surface area contributed by atoms with E-state index in [1.165, 1.54) is 30.5 Å². The molecule has 0 aliphatic heterocycles. The summed E-state index contributed by atoms with van der Waals surface area (Å²) >= 11 is 0. The Morgan fingerprint density at radius 3 is 2.45 bits per heavy atom. The molecule has 2 rings (SSSR count). The smallest absolute Gasteiger partial charge is 0.228 e. The SMILES string of the molecule is CC(N)C(C)C(=O)Nc1ccc(Oc2ccc(F)cc2)nc1. The van der Waals surface area contributed by atoms with E-state index < -0.39 is 0 Å². The number of nitrogens with two attached hydrogens (primary N) is 1. The largest absolute Gasteiger partial charge is 0.439 e. The predicted molar refractivity (Wildman–Crippen MR) is 82.2 cm³/mol. The summed E-state index contributed by atoms with van der Waals surface area (Å²) in [4.78, 5) is 16.0. The number of pyridine rings is 1. The van der Waals surface area contributed by atoms with Crippen molar-refractivity contribution in [2.75, 3.05) is 5.32 Å². The first-order valence-corrected chi connectivity index (χ1v) is 6.91. The van der Waals surface area contributed by atoms with Gasteiger partial charge < -0.3 is 15.8 Å². The molecule has 6 heteroatoms. The van der Waals surface area contributed by atoms with Crippen LogP contribution in [0.1, 0.15) is 13.8 Å². The van der Waals surface area contributed by atoms with E-state index in [9.17, 15) is 9.18 Å². The van der Waals surface area contributed by atoms with E-state index in [1.54, 1.807) is 26.0 Å². The van der Waals surface area contributed by atoms with Crippen LogP contribution in [0.15, 0.2) is 42.6 Å². The molecular formula is C16H18FN3O2. The van der Waals surface area contributed by atoms with Gasteiger partial charge in [0, 0.05) is 12.1 Å². The van der Waals surface area contributed by atoms with Gasteiger partial charge in [0.05, 0.1) is 17.8 Å². The van der Waals surface area contributed by atoms with Crippen molar-refractivity contribution in [1.29, 1.82) is 0 Å². The maximum atomic E-state index is 12.8. The van der Waals surface area contributed by atoms with Gasteiger partial charge in [-0.3, -0.25) is 4.79 Å². The number of carbonyl (C=O) groups is 1. The second-order valence-electron chi connectivity index (χ2n) is 5.08. The Balaban J connectivity index is 1.98. The summed E-state index contributed by atoms with van der Waals surface area (Å²) in [5.74, 6) is 0.0434. The number of hydrogen-bond acceptors (Lipinski definition) is 4. The van der Waals surface area contributed by atoms with Crippen LogP contribution in [0.4, 0.5) is 10.1 Å². The number of rotatable bonds is 5. The van der Waals surface area contributed by atoms with Gasteiger partial charge in [0.2, 0.25) is 11.8 Å². The third-order valence-electron chi connectivity index (χ3n) is 3.24. The van der Waals surface area contributed by atoms with Crippen molar-refractivity contribution in [3.8, 4) is 11.6 Å². The molecule has 0 spiro atoms. The summed E-state index contributed by atoms with van der Waals surface area (Å²) in [5, 5.41) is 2.73. The second kappa shape index (κ2) is 7.00. The average molecular weight is 303 g/mol. The van der Waals surface area contributed by atoms with Crippen LogP contribution in [-0.4, -0.2) is 16.9 Å². The van der Waals surface area contributed by atoms with Crippen LogP contribution in [0.2, 0.25) is 0 Å². The third kappa shape index (κ3) is 4.26. The van der Waals surface area contributed by atoms with Gasteiger partial charge >= 0.3 is 0 Å². The first-order valence-electron chi connectivity index (χ1n) is 6.91. The summed E-state index contributed by atoms with van der Waals surface area (Å²) in [6.45, 7) is 3.54. The van der Waals surface area contributed by atoms with Gasteiger partial charge in [-0.1, -0.05) is 6.92 Å². The van der Waals surface area contributed by atoms with Gasteiger partial charge in [-0.2, -0.15) is 0 Å². The number of halogens is 1. The number of anilines is 1. The van der Waals surface area contributed by atoms with E-state index in [0.29, 0.717) is 17.3 Å². The van der Waals surface area contributed by atoms with Crippen LogP contribution in [0.5, 0.6) is 11.6 Å². The maximum absolute atomic E-state index is 12.8. The fraction of sp³-hybridized carbons (Fsp3) is 0.250. The molecule has 0 saturated carbocycles. The maximum Gasteiger partial charge on any atom is 0.228 e. The molecule has 0 aliphatic rings. The minimum absolute atomic E-state index is 0.163. The van der Waals surface area contributed by atoms with Crippen LogP contribution in [0.3, 0.4) is 0 Å². The summed E-state index contributed by atoms with van der Waals surface area (Å²) in [6, 6.07) is 8.70. The summed E-state index contributed by atoms with van der Waals surface area (Å²) in [7, 11) is 0. The van der Waals surface area contributed by atoms with E-state index in [0.717, 1.165) is 0 Å². The Kier molecular flexibility index (Phi) is 5.06. The molecule has 1 amide bonds. The number of nitrogens with one attached hydrogen (secondary N) is 1. The molecule has 1 heterocycles. The zero-order valence-electron chi connectivity index (χ0n) is 12.4. The second-order valence-corrected chi connectivity index (χ2v) is 5.08. The Hall–Kier alpha value is -2.47. The number of nitrogens with zero attached hydrogens (tertiary/aromatic N) is 1. The van der Waals surface area contributed by atoms with Crippen molar-refractivity contribution >= 4 is 11.6 Å². The lowest BCUT2D eigenvalue weighted by atomic mass is 10.0. The van der Waals surface area contributed by atoms with Crippen molar-refractivity contribution < 1.29 is 13.9 Å². The zero-order valence-corrected chi connectivity index (χ0v) is 12.4. The third-order valence-corrected chi connectivity index (χ3v) is 3.24. The van der Waals surface area contributed by atoms with Gasteiger partial charge in [-0.25, -0.2) is 9.37 Å². The van der Waals surface area contributed by atoms with Crippen LogP contribution >= 0.6 is 0 Å². The van der Waals surface area contributed by atoms with Crippen molar-refractivity contribution in [3.05, 3.63) is 48.4 Å². The molecule has 22 heavy (non-hydrogen) atoms. The molecule has 0 aliphatic carbocycles. The lowest BCUT2D eigenvalue weighted by Gasteiger charge is -2.15.